The summed E-state index contributed by atoms with van der Waals surface area (Å²) in [5, 5.41) is 0. The topological polar surface area (TPSA) is 44.5 Å². The second kappa shape index (κ2) is 9.44. The lowest BCUT2D eigenvalue weighted by Crippen LogP contribution is -2.29. The number of hydrogen-bond acceptors (Lipinski definition) is 3. The zero-order valence-corrected chi connectivity index (χ0v) is 9.79. The zero-order chi connectivity index (χ0) is 10.8. The molecule has 0 fully saturated rings. The van der Waals surface area contributed by atoms with Gasteiger partial charge in [-0.2, -0.15) is 0 Å². The third kappa shape index (κ3) is 7.30. The number of nitrogens with two attached hydrogens (primary N) is 1. The van der Waals surface area contributed by atoms with Crippen molar-refractivity contribution < 1.29 is 9.47 Å². The van der Waals surface area contributed by atoms with Crippen molar-refractivity contribution in [2.75, 3.05) is 26.9 Å². The Kier molecular flexibility index (Phi) is 9.35. The predicted octanol–water partition coefficient (Wildman–Crippen LogP) is 1.80. The Bertz CT molecular complexity index is 120. The van der Waals surface area contributed by atoms with Gasteiger partial charge in [0.2, 0.25) is 0 Å². The molecule has 3 heteroatoms. The molecule has 0 aliphatic carbocycles. The molecular weight excluding hydrogens is 178 g/mol. The summed E-state index contributed by atoms with van der Waals surface area (Å²) in [7, 11) is 1.73. The van der Waals surface area contributed by atoms with Crippen LogP contribution in [0.25, 0.3) is 0 Å². The van der Waals surface area contributed by atoms with Crippen molar-refractivity contribution >= 4 is 0 Å². The molecule has 0 spiro atoms. The van der Waals surface area contributed by atoms with E-state index < -0.39 is 0 Å². The van der Waals surface area contributed by atoms with Gasteiger partial charge in [-0.25, -0.2) is 0 Å². The van der Waals surface area contributed by atoms with Crippen LogP contribution in [0, 0.1) is 5.92 Å². The molecule has 0 aromatic rings. The lowest BCUT2D eigenvalue weighted by molar-refractivity contribution is 0.137. The standard InChI is InChI=1S/C11H25NO2/c1-4-14-8-5-6-11(12)10(2)7-9-13-3/h10-11H,4-9,12H2,1-3H3. The first-order valence-corrected chi connectivity index (χ1v) is 5.54. The van der Waals surface area contributed by atoms with Crippen LogP contribution in [0.1, 0.15) is 33.1 Å². The van der Waals surface area contributed by atoms with Crippen LogP contribution in [-0.4, -0.2) is 33.0 Å². The third-order valence-electron chi connectivity index (χ3n) is 2.54. The van der Waals surface area contributed by atoms with E-state index in [1.165, 1.54) is 0 Å². The number of rotatable bonds is 9. The molecule has 2 atom stereocenters. The molecule has 0 aliphatic heterocycles. The minimum atomic E-state index is 0.283. The van der Waals surface area contributed by atoms with Crippen LogP contribution in [0.2, 0.25) is 0 Å². The molecule has 2 N–H and O–H groups in total. The molecule has 0 aromatic heterocycles. The van der Waals surface area contributed by atoms with Gasteiger partial charge in [0.25, 0.3) is 0 Å². The first kappa shape index (κ1) is 13.9. The molecule has 0 rings (SSSR count). The van der Waals surface area contributed by atoms with Gasteiger partial charge in [-0.15, -0.1) is 0 Å². The quantitative estimate of drug-likeness (QED) is 0.581. The number of methoxy groups -OCH3 is 1. The molecule has 0 saturated heterocycles. The second-order valence-corrected chi connectivity index (χ2v) is 3.76. The van der Waals surface area contributed by atoms with Crippen molar-refractivity contribution in [1.29, 1.82) is 0 Å². The average Bonchev–Trinajstić information content (AvgIpc) is 2.20. The summed E-state index contributed by atoms with van der Waals surface area (Å²) in [6, 6.07) is 0.283. The first-order valence-electron chi connectivity index (χ1n) is 5.54. The van der Waals surface area contributed by atoms with Gasteiger partial charge in [0.1, 0.15) is 0 Å². The zero-order valence-electron chi connectivity index (χ0n) is 9.79. The van der Waals surface area contributed by atoms with Crippen molar-refractivity contribution in [3.8, 4) is 0 Å². The van der Waals surface area contributed by atoms with E-state index in [4.69, 9.17) is 15.2 Å². The fourth-order valence-electron chi connectivity index (χ4n) is 1.37. The van der Waals surface area contributed by atoms with Gasteiger partial charge in [0.15, 0.2) is 0 Å². The van der Waals surface area contributed by atoms with Gasteiger partial charge in [-0.3, -0.25) is 0 Å². The fourth-order valence-corrected chi connectivity index (χ4v) is 1.37. The molecule has 2 unspecified atom stereocenters. The maximum Gasteiger partial charge on any atom is 0.0466 e. The largest absolute Gasteiger partial charge is 0.385 e. The lowest BCUT2D eigenvalue weighted by Gasteiger charge is -2.19. The summed E-state index contributed by atoms with van der Waals surface area (Å²) >= 11 is 0. The van der Waals surface area contributed by atoms with Crippen molar-refractivity contribution in [1.82, 2.24) is 0 Å². The summed E-state index contributed by atoms with van der Waals surface area (Å²) in [5.41, 5.74) is 6.03. The summed E-state index contributed by atoms with van der Waals surface area (Å²) in [6.45, 7) is 6.64. The highest BCUT2D eigenvalue weighted by molar-refractivity contribution is 4.68. The van der Waals surface area contributed by atoms with Crippen molar-refractivity contribution in [3.05, 3.63) is 0 Å². The van der Waals surface area contributed by atoms with E-state index in [2.05, 4.69) is 6.92 Å². The van der Waals surface area contributed by atoms with Gasteiger partial charge in [-0.05, 0) is 32.1 Å². The number of ether oxygens (including phenoxy) is 2. The van der Waals surface area contributed by atoms with E-state index in [-0.39, 0.29) is 6.04 Å². The Morgan fingerprint density at radius 2 is 1.93 bits per heavy atom. The van der Waals surface area contributed by atoms with Crippen LogP contribution in [-0.2, 0) is 9.47 Å². The van der Waals surface area contributed by atoms with Crippen LogP contribution in [0.5, 0.6) is 0 Å². The Hall–Kier alpha value is -0.120. The Labute approximate surface area is 88.0 Å². The first-order chi connectivity index (χ1) is 6.72. The van der Waals surface area contributed by atoms with E-state index >= 15 is 0 Å². The highest BCUT2D eigenvalue weighted by atomic mass is 16.5. The van der Waals surface area contributed by atoms with E-state index in [1.54, 1.807) is 7.11 Å². The molecule has 0 aromatic carbocycles. The molecule has 14 heavy (non-hydrogen) atoms. The SMILES string of the molecule is CCOCCCC(N)C(C)CCOC. The van der Waals surface area contributed by atoms with E-state index in [1.807, 2.05) is 6.92 Å². The molecule has 0 aliphatic rings. The summed E-state index contributed by atoms with van der Waals surface area (Å²) in [4.78, 5) is 0. The summed E-state index contributed by atoms with van der Waals surface area (Å²) in [5.74, 6) is 0.538. The third-order valence-corrected chi connectivity index (χ3v) is 2.54. The summed E-state index contributed by atoms with van der Waals surface area (Å²) in [6.07, 6.45) is 3.16. The smallest absolute Gasteiger partial charge is 0.0466 e. The van der Waals surface area contributed by atoms with Crippen LogP contribution in [0.4, 0.5) is 0 Å². The van der Waals surface area contributed by atoms with Gasteiger partial charge >= 0.3 is 0 Å². The molecule has 0 heterocycles. The minimum Gasteiger partial charge on any atom is -0.385 e. The van der Waals surface area contributed by atoms with E-state index in [9.17, 15) is 0 Å². The van der Waals surface area contributed by atoms with Crippen LogP contribution in [0.3, 0.4) is 0 Å². The van der Waals surface area contributed by atoms with E-state index in [0.29, 0.717) is 5.92 Å². The maximum atomic E-state index is 6.03. The average molecular weight is 203 g/mol. The predicted molar refractivity (Wildman–Crippen MR) is 59.4 cm³/mol. The molecule has 0 radical (unpaired) electrons. The molecule has 0 amide bonds. The molecule has 3 nitrogen and oxygen atoms in total. The molecule has 0 saturated carbocycles. The molecule has 86 valence electrons. The van der Waals surface area contributed by atoms with Crippen molar-refractivity contribution in [2.24, 2.45) is 11.7 Å². The van der Waals surface area contributed by atoms with Gasteiger partial charge in [-0.1, -0.05) is 6.92 Å². The van der Waals surface area contributed by atoms with E-state index in [0.717, 1.165) is 39.1 Å². The fraction of sp³-hybridized carbons (Fsp3) is 1.00. The minimum absolute atomic E-state index is 0.283. The van der Waals surface area contributed by atoms with Gasteiger partial charge < -0.3 is 15.2 Å². The monoisotopic (exact) mass is 203 g/mol. The van der Waals surface area contributed by atoms with Gasteiger partial charge in [0, 0.05) is 33.0 Å². The normalized spacial score (nSPS) is 15.4. The number of hydrogen-bond donors (Lipinski definition) is 1. The maximum absolute atomic E-state index is 6.03. The van der Waals surface area contributed by atoms with Crippen LogP contribution < -0.4 is 5.73 Å². The van der Waals surface area contributed by atoms with Crippen LogP contribution in [0.15, 0.2) is 0 Å². The Morgan fingerprint density at radius 3 is 2.50 bits per heavy atom. The highest BCUT2D eigenvalue weighted by Gasteiger charge is 2.11. The van der Waals surface area contributed by atoms with Crippen LogP contribution >= 0.6 is 0 Å². The van der Waals surface area contributed by atoms with Gasteiger partial charge in [0.05, 0.1) is 0 Å². The lowest BCUT2D eigenvalue weighted by atomic mass is 9.96. The Morgan fingerprint density at radius 1 is 1.21 bits per heavy atom. The Balaban J connectivity index is 3.36. The summed E-state index contributed by atoms with van der Waals surface area (Å²) < 4.78 is 10.3. The molecule has 0 bridgehead atoms. The van der Waals surface area contributed by atoms with Crippen molar-refractivity contribution in [3.63, 3.8) is 0 Å². The second-order valence-electron chi connectivity index (χ2n) is 3.76. The highest BCUT2D eigenvalue weighted by Crippen LogP contribution is 2.11. The molecular formula is C11H25NO2. The van der Waals surface area contributed by atoms with Crippen molar-refractivity contribution in [2.45, 2.75) is 39.2 Å².